The molecular formula is C11H19N3O4S. The molecule has 0 atom stereocenters. The fourth-order valence-electron chi connectivity index (χ4n) is 1.34. The minimum atomic E-state index is -3.65. The van der Waals surface area contributed by atoms with E-state index in [9.17, 15) is 13.2 Å². The molecule has 0 aromatic carbocycles. The van der Waals surface area contributed by atoms with Crippen LogP contribution in [-0.2, 0) is 10.0 Å². The summed E-state index contributed by atoms with van der Waals surface area (Å²) in [6.45, 7) is 4.05. The third-order valence-electron chi connectivity index (χ3n) is 2.35. The SMILES string of the molecule is CCCNCCNC(=O)c1ccc(S(=O)(=O)NC)o1. The van der Waals surface area contributed by atoms with E-state index < -0.39 is 15.9 Å². The van der Waals surface area contributed by atoms with Crippen molar-refractivity contribution in [1.29, 1.82) is 0 Å². The van der Waals surface area contributed by atoms with E-state index in [1.165, 1.54) is 19.2 Å². The van der Waals surface area contributed by atoms with Gasteiger partial charge < -0.3 is 15.1 Å². The molecule has 1 aromatic rings. The predicted molar refractivity (Wildman–Crippen MR) is 70.4 cm³/mol. The molecule has 1 amide bonds. The van der Waals surface area contributed by atoms with Crippen molar-refractivity contribution < 1.29 is 17.6 Å². The maximum absolute atomic E-state index is 11.7. The van der Waals surface area contributed by atoms with Crippen LogP contribution in [0.5, 0.6) is 0 Å². The minimum Gasteiger partial charge on any atom is -0.438 e. The smallest absolute Gasteiger partial charge is 0.287 e. The highest BCUT2D eigenvalue weighted by Crippen LogP contribution is 2.13. The van der Waals surface area contributed by atoms with E-state index >= 15 is 0 Å². The Balaban J connectivity index is 2.50. The number of rotatable bonds is 8. The molecule has 0 radical (unpaired) electrons. The van der Waals surface area contributed by atoms with Gasteiger partial charge in [0.15, 0.2) is 5.76 Å². The lowest BCUT2D eigenvalue weighted by Gasteiger charge is -2.04. The van der Waals surface area contributed by atoms with Gasteiger partial charge in [0.1, 0.15) is 0 Å². The summed E-state index contributed by atoms with van der Waals surface area (Å²) in [5.41, 5.74) is 0. The lowest BCUT2D eigenvalue weighted by atomic mass is 10.4. The molecule has 19 heavy (non-hydrogen) atoms. The van der Waals surface area contributed by atoms with Crippen molar-refractivity contribution in [2.24, 2.45) is 0 Å². The van der Waals surface area contributed by atoms with Crippen LogP contribution in [0.3, 0.4) is 0 Å². The number of furan rings is 1. The molecule has 0 aliphatic rings. The van der Waals surface area contributed by atoms with Crippen LogP contribution in [0.4, 0.5) is 0 Å². The van der Waals surface area contributed by atoms with Crippen LogP contribution in [-0.4, -0.2) is 41.0 Å². The largest absolute Gasteiger partial charge is 0.438 e. The van der Waals surface area contributed by atoms with Crippen molar-refractivity contribution >= 4 is 15.9 Å². The molecule has 1 rings (SSSR count). The second-order valence-electron chi connectivity index (χ2n) is 3.83. The zero-order valence-electron chi connectivity index (χ0n) is 11.0. The Morgan fingerprint density at radius 1 is 1.26 bits per heavy atom. The molecule has 0 unspecified atom stereocenters. The average molecular weight is 289 g/mol. The molecule has 0 aliphatic heterocycles. The Hall–Kier alpha value is -1.38. The Kier molecular flexibility index (Phi) is 6.00. The maximum atomic E-state index is 11.7. The quantitative estimate of drug-likeness (QED) is 0.581. The molecule has 0 saturated carbocycles. The third-order valence-corrected chi connectivity index (χ3v) is 3.64. The van der Waals surface area contributed by atoms with Gasteiger partial charge >= 0.3 is 0 Å². The molecule has 7 nitrogen and oxygen atoms in total. The number of sulfonamides is 1. The number of hydrogen-bond donors (Lipinski definition) is 3. The van der Waals surface area contributed by atoms with Crippen LogP contribution < -0.4 is 15.4 Å². The zero-order valence-corrected chi connectivity index (χ0v) is 11.8. The standard InChI is InChI=1S/C11H19N3O4S/c1-3-6-13-7-8-14-11(15)9-4-5-10(18-9)19(16,17)12-2/h4-5,12-13H,3,6-8H2,1-2H3,(H,14,15). The van der Waals surface area contributed by atoms with Gasteiger partial charge in [0.2, 0.25) is 5.09 Å². The molecule has 1 aromatic heterocycles. The molecule has 0 aliphatic carbocycles. The second kappa shape index (κ2) is 7.27. The van der Waals surface area contributed by atoms with E-state index in [1.807, 2.05) is 0 Å². The third kappa shape index (κ3) is 4.66. The number of amides is 1. The van der Waals surface area contributed by atoms with Crippen LogP contribution in [0.25, 0.3) is 0 Å². The second-order valence-corrected chi connectivity index (χ2v) is 5.65. The zero-order chi connectivity index (χ0) is 14.3. The van der Waals surface area contributed by atoms with Crippen LogP contribution >= 0.6 is 0 Å². The Morgan fingerprint density at radius 3 is 2.63 bits per heavy atom. The van der Waals surface area contributed by atoms with E-state index in [0.717, 1.165) is 13.0 Å². The summed E-state index contributed by atoms with van der Waals surface area (Å²) in [4.78, 5) is 11.7. The molecule has 108 valence electrons. The van der Waals surface area contributed by atoms with E-state index in [-0.39, 0.29) is 10.9 Å². The minimum absolute atomic E-state index is 0.0238. The topological polar surface area (TPSA) is 100 Å². The summed E-state index contributed by atoms with van der Waals surface area (Å²) in [7, 11) is -2.38. The Labute approximate surface area is 112 Å². The van der Waals surface area contributed by atoms with Gasteiger partial charge in [0.05, 0.1) is 0 Å². The van der Waals surface area contributed by atoms with Gasteiger partial charge in [-0.2, -0.15) is 0 Å². The summed E-state index contributed by atoms with van der Waals surface area (Å²) in [6, 6.07) is 2.58. The summed E-state index contributed by atoms with van der Waals surface area (Å²) in [5, 5.41) is 5.49. The van der Waals surface area contributed by atoms with E-state index in [1.54, 1.807) is 0 Å². The summed E-state index contributed by atoms with van der Waals surface area (Å²) in [5.74, 6) is -0.458. The fourth-order valence-corrected chi connectivity index (χ4v) is 1.99. The van der Waals surface area contributed by atoms with Gasteiger partial charge in [-0.05, 0) is 32.1 Å². The summed E-state index contributed by atoms with van der Waals surface area (Å²) in [6.07, 6.45) is 1.03. The molecule has 1 heterocycles. The van der Waals surface area contributed by atoms with Gasteiger partial charge in [-0.1, -0.05) is 6.92 Å². The average Bonchev–Trinajstić information content (AvgIpc) is 2.88. The van der Waals surface area contributed by atoms with Gasteiger partial charge in [0.25, 0.3) is 15.9 Å². The molecular weight excluding hydrogens is 270 g/mol. The van der Waals surface area contributed by atoms with Crippen LogP contribution in [0, 0.1) is 0 Å². The molecule has 3 N–H and O–H groups in total. The fraction of sp³-hybridized carbons (Fsp3) is 0.545. The molecule has 0 saturated heterocycles. The van der Waals surface area contributed by atoms with Gasteiger partial charge in [-0.15, -0.1) is 0 Å². The van der Waals surface area contributed by atoms with Crippen molar-refractivity contribution in [2.75, 3.05) is 26.7 Å². The highest BCUT2D eigenvalue weighted by atomic mass is 32.2. The first-order chi connectivity index (χ1) is 9.01. The van der Waals surface area contributed by atoms with Crippen molar-refractivity contribution in [3.63, 3.8) is 0 Å². The van der Waals surface area contributed by atoms with Gasteiger partial charge in [-0.3, -0.25) is 4.79 Å². The normalized spacial score (nSPS) is 11.5. The van der Waals surface area contributed by atoms with Crippen molar-refractivity contribution in [2.45, 2.75) is 18.4 Å². The van der Waals surface area contributed by atoms with E-state index in [4.69, 9.17) is 4.42 Å². The van der Waals surface area contributed by atoms with Crippen LogP contribution in [0.2, 0.25) is 0 Å². The molecule has 8 heteroatoms. The first kappa shape index (κ1) is 15.7. The molecule has 0 bridgehead atoms. The monoisotopic (exact) mass is 289 g/mol. The predicted octanol–water partition coefficient (Wildman–Crippen LogP) is -0.0829. The Bertz CT molecular complexity index is 510. The van der Waals surface area contributed by atoms with E-state index in [0.29, 0.717) is 13.1 Å². The van der Waals surface area contributed by atoms with Crippen molar-refractivity contribution in [1.82, 2.24) is 15.4 Å². The number of hydrogen-bond acceptors (Lipinski definition) is 5. The summed E-state index contributed by atoms with van der Waals surface area (Å²) < 4.78 is 30.0. The number of nitrogens with one attached hydrogen (secondary N) is 3. The Morgan fingerprint density at radius 2 is 2.00 bits per heavy atom. The van der Waals surface area contributed by atoms with Crippen LogP contribution in [0.1, 0.15) is 23.9 Å². The van der Waals surface area contributed by atoms with Crippen molar-refractivity contribution in [3.8, 4) is 0 Å². The van der Waals surface area contributed by atoms with Gasteiger partial charge in [0, 0.05) is 13.1 Å². The number of carbonyl (C=O) groups excluding carboxylic acids is 1. The lowest BCUT2D eigenvalue weighted by Crippen LogP contribution is -2.31. The number of carbonyl (C=O) groups is 1. The molecule has 0 spiro atoms. The highest BCUT2D eigenvalue weighted by Gasteiger charge is 2.19. The van der Waals surface area contributed by atoms with E-state index in [2.05, 4.69) is 22.3 Å². The van der Waals surface area contributed by atoms with Crippen LogP contribution in [0.15, 0.2) is 21.6 Å². The molecule has 0 fully saturated rings. The summed E-state index contributed by atoms with van der Waals surface area (Å²) >= 11 is 0. The first-order valence-electron chi connectivity index (χ1n) is 6.03. The lowest BCUT2D eigenvalue weighted by molar-refractivity contribution is 0.0921. The highest BCUT2D eigenvalue weighted by molar-refractivity contribution is 7.89. The first-order valence-corrected chi connectivity index (χ1v) is 7.52. The van der Waals surface area contributed by atoms with Gasteiger partial charge in [-0.25, -0.2) is 13.1 Å². The van der Waals surface area contributed by atoms with Crippen molar-refractivity contribution in [3.05, 3.63) is 17.9 Å². The maximum Gasteiger partial charge on any atom is 0.287 e.